The predicted octanol–water partition coefficient (Wildman–Crippen LogP) is 2.30. The number of amides is 1. The van der Waals surface area contributed by atoms with Crippen molar-refractivity contribution in [2.24, 2.45) is 0 Å². The number of pyridine rings is 2. The number of benzene rings is 1. The van der Waals surface area contributed by atoms with Crippen molar-refractivity contribution in [3.05, 3.63) is 58.0 Å². The van der Waals surface area contributed by atoms with Crippen LogP contribution >= 0.6 is 0 Å². The Hall–Kier alpha value is -3.43. The molecule has 9 nitrogen and oxygen atoms in total. The van der Waals surface area contributed by atoms with Crippen molar-refractivity contribution in [1.82, 2.24) is 19.8 Å². The van der Waals surface area contributed by atoms with Gasteiger partial charge in [0.05, 0.1) is 18.3 Å². The molecule has 1 saturated heterocycles. The Labute approximate surface area is 204 Å². The van der Waals surface area contributed by atoms with Crippen molar-refractivity contribution < 1.29 is 14.3 Å². The second-order valence-electron chi connectivity index (χ2n) is 9.18. The van der Waals surface area contributed by atoms with Crippen LogP contribution in [0.2, 0.25) is 0 Å². The van der Waals surface area contributed by atoms with E-state index in [2.05, 4.69) is 20.5 Å². The maximum absolute atomic E-state index is 12.8. The van der Waals surface area contributed by atoms with Gasteiger partial charge in [0.15, 0.2) is 18.2 Å². The number of likely N-dealkylation sites (tertiary alicyclic amines) is 1. The summed E-state index contributed by atoms with van der Waals surface area (Å²) in [6.07, 6.45) is 2.06. The molecule has 0 atom stereocenters. The van der Waals surface area contributed by atoms with Gasteiger partial charge in [-0.15, -0.1) is 0 Å². The molecule has 0 saturated carbocycles. The molecule has 2 N–H and O–H groups in total. The first-order valence-corrected chi connectivity index (χ1v) is 12.1. The fraction of sp³-hybridized carbons (Fsp3) is 0.423. The van der Waals surface area contributed by atoms with E-state index < -0.39 is 0 Å². The van der Waals surface area contributed by atoms with Gasteiger partial charge in [-0.2, -0.15) is 0 Å². The van der Waals surface area contributed by atoms with Gasteiger partial charge in [0.2, 0.25) is 0 Å². The van der Waals surface area contributed by atoms with Crippen molar-refractivity contribution >= 4 is 22.6 Å². The largest absolute Gasteiger partial charge is 0.497 e. The Morgan fingerprint density at radius 2 is 1.97 bits per heavy atom. The third kappa shape index (κ3) is 5.16. The van der Waals surface area contributed by atoms with Crippen LogP contribution in [-0.4, -0.2) is 59.8 Å². The average Bonchev–Trinajstić information content (AvgIpc) is 2.87. The van der Waals surface area contributed by atoms with Gasteiger partial charge < -0.3 is 29.6 Å². The first-order chi connectivity index (χ1) is 17.0. The molecule has 2 aromatic heterocycles. The van der Waals surface area contributed by atoms with E-state index in [1.54, 1.807) is 13.2 Å². The van der Waals surface area contributed by atoms with E-state index in [-0.39, 0.29) is 18.1 Å². The van der Waals surface area contributed by atoms with Gasteiger partial charge in [0.25, 0.3) is 11.5 Å². The number of methoxy groups -OCH3 is 1. The first-order valence-electron chi connectivity index (χ1n) is 12.1. The number of aromatic nitrogens is 2. The van der Waals surface area contributed by atoms with E-state index in [0.717, 1.165) is 60.4 Å². The summed E-state index contributed by atoms with van der Waals surface area (Å²) in [5.41, 5.74) is 2.81. The summed E-state index contributed by atoms with van der Waals surface area (Å²) in [4.78, 5) is 31.2. The molecule has 5 rings (SSSR count). The number of anilines is 1. The number of rotatable bonds is 7. The number of ether oxygens (including phenoxy) is 2. The number of carbonyl (C=O) groups is 1. The van der Waals surface area contributed by atoms with Crippen LogP contribution in [0.5, 0.6) is 11.5 Å². The molecule has 0 aliphatic carbocycles. The zero-order chi connectivity index (χ0) is 24.4. The summed E-state index contributed by atoms with van der Waals surface area (Å²) in [6.45, 7) is 6.07. The number of carbonyl (C=O) groups excluding carboxylic acids is 1. The highest BCUT2D eigenvalue weighted by Crippen LogP contribution is 2.25. The maximum atomic E-state index is 12.8. The molecule has 4 heterocycles. The molecule has 0 bridgehead atoms. The summed E-state index contributed by atoms with van der Waals surface area (Å²) >= 11 is 0. The zero-order valence-electron chi connectivity index (χ0n) is 20.2. The highest BCUT2D eigenvalue weighted by atomic mass is 16.5. The monoisotopic (exact) mass is 477 g/mol. The highest BCUT2D eigenvalue weighted by Gasteiger charge is 2.21. The third-order valence-corrected chi connectivity index (χ3v) is 6.86. The van der Waals surface area contributed by atoms with Gasteiger partial charge in [0, 0.05) is 43.2 Å². The van der Waals surface area contributed by atoms with E-state index in [4.69, 9.17) is 9.47 Å². The summed E-state index contributed by atoms with van der Waals surface area (Å²) in [6, 6.07) is 11.8. The number of hydrogen-bond donors (Lipinski definition) is 2. The van der Waals surface area contributed by atoms with Gasteiger partial charge in [-0.05, 0) is 62.7 Å². The standard InChI is InChI=1S/C26H31N5O4/c1-17-13-25(33)31(22-14-20(34-2)4-5-21(17)22)12-11-30-9-7-18(8-10-30)27-15-19-3-6-23-26(28-19)29-24(32)16-35-23/h3-6,13-14,18,27H,7-12,15-16H2,1-2H3,(H,28,29,32). The van der Waals surface area contributed by atoms with Crippen LogP contribution in [0.15, 0.2) is 41.2 Å². The fourth-order valence-corrected chi connectivity index (χ4v) is 4.84. The molecule has 184 valence electrons. The average molecular weight is 478 g/mol. The van der Waals surface area contributed by atoms with Crippen molar-refractivity contribution in [2.75, 3.05) is 38.7 Å². The lowest BCUT2D eigenvalue weighted by Gasteiger charge is -2.32. The number of hydrogen-bond acceptors (Lipinski definition) is 7. The Bertz CT molecular complexity index is 1300. The SMILES string of the molecule is COc1ccc2c(C)cc(=O)n(CCN3CCC(NCc4ccc5c(n4)NC(=O)CO5)CC3)c2c1. The van der Waals surface area contributed by atoms with E-state index in [1.165, 1.54) is 0 Å². The van der Waals surface area contributed by atoms with Gasteiger partial charge in [-0.3, -0.25) is 9.59 Å². The molecule has 0 spiro atoms. The zero-order valence-corrected chi connectivity index (χ0v) is 20.2. The van der Waals surface area contributed by atoms with Gasteiger partial charge in [0.1, 0.15) is 5.75 Å². The van der Waals surface area contributed by atoms with Gasteiger partial charge in [-0.1, -0.05) is 0 Å². The molecule has 3 aromatic rings. The third-order valence-electron chi connectivity index (χ3n) is 6.86. The van der Waals surface area contributed by atoms with Crippen LogP contribution in [0, 0.1) is 6.92 Å². The van der Waals surface area contributed by atoms with Crippen LogP contribution in [0.4, 0.5) is 5.82 Å². The van der Waals surface area contributed by atoms with Gasteiger partial charge in [-0.25, -0.2) is 4.98 Å². The minimum absolute atomic E-state index is 0.0268. The van der Waals surface area contributed by atoms with Crippen molar-refractivity contribution in [2.45, 2.75) is 38.9 Å². The molecule has 1 amide bonds. The molecular weight excluding hydrogens is 446 g/mol. The lowest BCUT2D eigenvalue weighted by molar-refractivity contribution is -0.118. The minimum atomic E-state index is -0.178. The second kappa shape index (κ2) is 10.1. The van der Waals surface area contributed by atoms with Crippen LogP contribution < -0.4 is 25.7 Å². The van der Waals surface area contributed by atoms with Crippen LogP contribution in [0.25, 0.3) is 10.9 Å². The molecule has 2 aliphatic heterocycles. The van der Waals surface area contributed by atoms with E-state index in [1.807, 2.05) is 41.8 Å². The number of nitrogens with zero attached hydrogens (tertiary/aromatic N) is 3. The summed E-state index contributed by atoms with van der Waals surface area (Å²) in [5, 5.41) is 7.42. The molecular formula is C26H31N5O4. The normalized spacial score (nSPS) is 16.6. The lowest BCUT2D eigenvalue weighted by atomic mass is 10.0. The van der Waals surface area contributed by atoms with Crippen LogP contribution in [0.1, 0.15) is 24.1 Å². The van der Waals surface area contributed by atoms with E-state index in [9.17, 15) is 9.59 Å². The Kier molecular flexibility index (Phi) is 6.70. The maximum Gasteiger partial charge on any atom is 0.263 e. The number of aryl methyl sites for hydroxylation is 1. The topological polar surface area (TPSA) is 97.7 Å². The number of nitrogens with one attached hydrogen (secondary N) is 2. The lowest BCUT2D eigenvalue weighted by Crippen LogP contribution is -2.43. The molecule has 1 fully saturated rings. The Morgan fingerprint density at radius 1 is 1.14 bits per heavy atom. The summed E-state index contributed by atoms with van der Waals surface area (Å²) < 4.78 is 12.6. The van der Waals surface area contributed by atoms with E-state index in [0.29, 0.717) is 30.7 Å². The molecule has 2 aliphatic rings. The van der Waals surface area contributed by atoms with Crippen LogP contribution in [0.3, 0.4) is 0 Å². The fourth-order valence-electron chi connectivity index (χ4n) is 4.84. The van der Waals surface area contributed by atoms with Gasteiger partial charge >= 0.3 is 0 Å². The molecule has 35 heavy (non-hydrogen) atoms. The highest BCUT2D eigenvalue weighted by molar-refractivity contribution is 5.94. The molecule has 9 heteroatoms. The number of fused-ring (bicyclic) bond motifs is 2. The smallest absolute Gasteiger partial charge is 0.263 e. The molecule has 0 radical (unpaired) electrons. The van der Waals surface area contributed by atoms with Crippen molar-refractivity contribution in [3.63, 3.8) is 0 Å². The Balaban J connectivity index is 1.15. The first kappa shape index (κ1) is 23.3. The molecule has 0 unspecified atom stereocenters. The van der Waals surface area contributed by atoms with Crippen LogP contribution in [-0.2, 0) is 17.9 Å². The number of piperidine rings is 1. The summed E-state index contributed by atoms with van der Waals surface area (Å²) in [5.74, 6) is 1.68. The predicted molar refractivity (Wildman–Crippen MR) is 134 cm³/mol. The minimum Gasteiger partial charge on any atom is -0.497 e. The Morgan fingerprint density at radius 3 is 2.77 bits per heavy atom. The van der Waals surface area contributed by atoms with E-state index >= 15 is 0 Å². The molecule has 1 aromatic carbocycles. The second-order valence-corrected chi connectivity index (χ2v) is 9.18. The van der Waals surface area contributed by atoms with Crippen molar-refractivity contribution in [3.8, 4) is 11.5 Å². The summed E-state index contributed by atoms with van der Waals surface area (Å²) in [7, 11) is 1.64. The van der Waals surface area contributed by atoms with Crippen molar-refractivity contribution in [1.29, 1.82) is 0 Å². The quantitative estimate of drug-likeness (QED) is 0.539.